The Morgan fingerprint density at radius 3 is 2.00 bits per heavy atom. The van der Waals surface area contributed by atoms with Crippen LogP contribution in [0.1, 0.15) is 0 Å². The maximum atomic E-state index is 9.48. The van der Waals surface area contributed by atoms with E-state index in [0.29, 0.717) is 0 Å². The first kappa shape index (κ1) is 13.7. The van der Waals surface area contributed by atoms with E-state index in [1.165, 1.54) is 0 Å². The normalized spacial score (nSPS) is 10.5. The van der Waals surface area contributed by atoms with Gasteiger partial charge in [-0.15, -0.1) is 0 Å². The van der Waals surface area contributed by atoms with Crippen LogP contribution < -0.4 is 5.73 Å². The molecule has 0 aliphatic carbocycles. The Hall–Kier alpha value is -2.26. The minimum absolute atomic E-state index is 0.250. The van der Waals surface area contributed by atoms with Gasteiger partial charge in [-0.3, -0.25) is 0 Å². The van der Waals surface area contributed by atoms with Gasteiger partial charge in [-0.1, -0.05) is 58.4 Å². The van der Waals surface area contributed by atoms with Crippen LogP contribution in [0.25, 0.3) is 22.3 Å². The molecule has 0 aliphatic rings. The fourth-order valence-corrected chi connectivity index (χ4v) is 2.98. The predicted octanol–water partition coefficient (Wildman–Crippen LogP) is 5.07. The number of phenols is 1. The van der Waals surface area contributed by atoms with Crippen LogP contribution in [0.5, 0.6) is 5.75 Å². The summed E-state index contributed by atoms with van der Waals surface area (Å²) in [6.07, 6.45) is 0. The zero-order chi connectivity index (χ0) is 14.8. The minimum Gasteiger partial charge on any atom is -0.508 e. The fourth-order valence-electron chi connectivity index (χ4n) is 2.42. The lowest BCUT2D eigenvalue weighted by molar-refractivity contribution is 0.475. The van der Waals surface area contributed by atoms with Gasteiger partial charge in [-0.2, -0.15) is 0 Å². The second-order valence-corrected chi connectivity index (χ2v) is 5.65. The molecule has 0 unspecified atom stereocenters. The molecule has 0 saturated heterocycles. The number of rotatable bonds is 2. The first-order valence-corrected chi connectivity index (χ1v) is 7.39. The van der Waals surface area contributed by atoms with Gasteiger partial charge in [0.15, 0.2) is 0 Å². The zero-order valence-electron chi connectivity index (χ0n) is 11.3. The molecule has 2 nitrogen and oxygen atoms in total. The van der Waals surface area contributed by atoms with Gasteiger partial charge in [-0.25, -0.2) is 0 Å². The van der Waals surface area contributed by atoms with E-state index in [-0.39, 0.29) is 5.75 Å². The number of nitrogen functional groups attached to an aromatic ring is 1. The molecule has 0 bridgehead atoms. The predicted molar refractivity (Wildman–Crippen MR) is 91.1 cm³/mol. The molecule has 0 radical (unpaired) electrons. The molecule has 0 aromatic heterocycles. The van der Waals surface area contributed by atoms with Crippen molar-refractivity contribution in [3.05, 3.63) is 71.2 Å². The van der Waals surface area contributed by atoms with Crippen molar-refractivity contribution in [2.24, 2.45) is 0 Å². The average Bonchev–Trinajstić information content (AvgIpc) is 2.51. The van der Waals surface area contributed by atoms with E-state index < -0.39 is 0 Å². The lowest BCUT2D eigenvalue weighted by Crippen LogP contribution is -1.94. The summed E-state index contributed by atoms with van der Waals surface area (Å²) in [5.74, 6) is 0.250. The summed E-state index contributed by atoms with van der Waals surface area (Å²) in [5, 5.41) is 9.48. The SMILES string of the molecule is Nc1ccc(Br)c(-c2ccc(O)cc2)c1-c1ccccc1. The van der Waals surface area contributed by atoms with Crippen molar-refractivity contribution in [2.45, 2.75) is 0 Å². The summed E-state index contributed by atoms with van der Waals surface area (Å²) in [6, 6.07) is 21.1. The second kappa shape index (κ2) is 5.62. The highest BCUT2D eigenvalue weighted by Crippen LogP contribution is 2.41. The Labute approximate surface area is 132 Å². The van der Waals surface area contributed by atoms with Crippen LogP contribution in [-0.4, -0.2) is 5.11 Å². The van der Waals surface area contributed by atoms with Gasteiger partial charge in [0, 0.05) is 21.3 Å². The molecule has 0 heterocycles. The largest absolute Gasteiger partial charge is 0.508 e. The number of phenolic OH excluding ortho intramolecular Hbond substituents is 1. The number of nitrogens with two attached hydrogens (primary N) is 1. The van der Waals surface area contributed by atoms with Crippen LogP contribution in [0.2, 0.25) is 0 Å². The molecule has 3 aromatic carbocycles. The third kappa shape index (κ3) is 2.65. The standard InChI is InChI=1S/C18H14BrNO/c19-15-10-11-16(20)18(12-4-2-1-3-5-12)17(15)13-6-8-14(21)9-7-13/h1-11,21H,20H2. The van der Waals surface area contributed by atoms with E-state index in [1.54, 1.807) is 12.1 Å². The van der Waals surface area contributed by atoms with E-state index >= 15 is 0 Å². The lowest BCUT2D eigenvalue weighted by Gasteiger charge is -2.15. The number of benzene rings is 3. The van der Waals surface area contributed by atoms with E-state index in [2.05, 4.69) is 15.9 Å². The molecular weight excluding hydrogens is 326 g/mol. The monoisotopic (exact) mass is 339 g/mol. The van der Waals surface area contributed by atoms with Crippen LogP contribution in [0, 0.1) is 0 Å². The van der Waals surface area contributed by atoms with Gasteiger partial charge in [0.2, 0.25) is 0 Å². The highest BCUT2D eigenvalue weighted by atomic mass is 79.9. The van der Waals surface area contributed by atoms with E-state index in [9.17, 15) is 5.11 Å². The molecule has 0 spiro atoms. The van der Waals surface area contributed by atoms with Crippen LogP contribution in [0.4, 0.5) is 5.69 Å². The molecule has 3 rings (SSSR count). The Kier molecular flexibility index (Phi) is 3.67. The molecule has 0 aliphatic heterocycles. The number of anilines is 1. The summed E-state index contributed by atoms with van der Waals surface area (Å²) in [7, 11) is 0. The topological polar surface area (TPSA) is 46.2 Å². The number of hydrogen-bond acceptors (Lipinski definition) is 2. The van der Waals surface area contributed by atoms with Crippen LogP contribution in [0.3, 0.4) is 0 Å². The van der Waals surface area contributed by atoms with Crippen molar-refractivity contribution in [3.8, 4) is 28.0 Å². The first-order valence-electron chi connectivity index (χ1n) is 6.59. The van der Waals surface area contributed by atoms with Crippen LogP contribution in [0.15, 0.2) is 71.2 Å². The molecule has 3 N–H and O–H groups in total. The molecule has 3 aromatic rings. The maximum absolute atomic E-state index is 9.48. The Balaban J connectivity index is 2.29. The highest BCUT2D eigenvalue weighted by Gasteiger charge is 2.14. The molecular formula is C18H14BrNO. The van der Waals surface area contributed by atoms with Crippen LogP contribution in [-0.2, 0) is 0 Å². The van der Waals surface area contributed by atoms with Crippen molar-refractivity contribution in [3.63, 3.8) is 0 Å². The smallest absolute Gasteiger partial charge is 0.115 e. The number of aromatic hydroxyl groups is 1. The van der Waals surface area contributed by atoms with Gasteiger partial charge < -0.3 is 10.8 Å². The first-order chi connectivity index (χ1) is 10.2. The van der Waals surface area contributed by atoms with Gasteiger partial charge >= 0.3 is 0 Å². The second-order valence-electron chi connectivity index (χ2n) is 4.80. The number of halogens is 1. The molecule has 0 fully saturated rings. The third-order valence-corrected chi connectivity index (χ3v) is 4.07. The molecule has 0 atom stereocenters. The summed E-state index contributed by atoms with van der Waals surface area (Å²) in [4.78, 5) is 0. The highest BCUT2D eigenvalue weighted by molar-refractivity contribution is 9.10. The zero-order valence-corrected chi connectivity index (χ0v) is 12.8. The third-order valence-electron chi connectivity index (χ3n) is 3.41. The molecule has 0 amide bonds. The van der Waals surface area contributed by atoms with Crippen molar-refractivity contribution in [1.82, 2.24) is 0 Å². The molecule has 21 heavy (non-hydrogen) atoms. The summed E-state index contributed by atoms with van der Waals surface area (Å²) < 4.78 is 0.973. The van der Waals surface area contributed by atoms with E-state index in [4.69, 9.17) is 5.73 Å². The quantitative estimate of drug-likeness (QED) is 0.640. The Morgan fingerprint density at radius 2 is 1.33 bits per heavy atom. The average molecular weight is 340 g/mol. The van der Waals surface area contributed by atoms with Crippen molar-refractivity contribution < 1.29 is 5.11 Å². The Morgan fingerprint density at radius 1 is 0.714 bits per heavy atom. The Bertz CT molecular complexity index is 767. The van der Waals surface area contributed by atoms with Gasteiger partial charge in [0.25, 0.3) is 0 Å². The van der Waals surface area contributed by atoms with E-state index in [1.807, 2.05) is 54.6 Å². The lowest BCUT2D eigenvalue weighted by atomic mass is 9.93. The summed E-state index contributed by atoms with van der Waals surface area (Å²) in [5.41, 5.74) is 11.0. The fraction of sp³-hybridized carbons (Fsp3) is 0. The summed E-state index contributed by atoms with van der Waals surface area (Å²) in [6.45, 7) is 0. The minimum atomic E-state index is 0.250. The van der Waals surface area contributed by atoms with Crippen molar-refractivity contribution in [1.29, 1.82) is 0 Å². The number of hydrogen-bond donors (Lipinski definition) is 2. The van der Waals surface area contributed by atoms with Gasteiger partial charge in [-0.05, 0) is 35.4 Å². The van der Waals surface area contributed by atoms with Crippen molar-refractivity contribution >= 4 is 21.6 Å². The van der Waals surface area contributed by atoms with Crippen molar-refractivity contribution in [2.75, 3.05) is 5.73 Å². The molecule has 0 saturated carbocycles. The van der Waals surface area contributed by atoms with Crippen LogP contribution >= 0.6 is 15.9 Å². The molecule has 3 heteroatoms. The van der Waals surface area contributed by atoms with E-state index in [0.717, 1.165) is 32.4 Å². The maximum Gasteiger partial charge on any atom is 0.115 e. The van der Waals surface area contributed by atoms with Gasteiger partial charge in [0.05, 0.1) is 0 Å². The summed E-state index contributed by atoms with van der Waals surface area (Å²) >= 11 is 3.62. The molecule has 104 valence electrons. The van der Waals surface area contributed by atoms with Gasteiger partial charge in [0.1, 0.15) is 5.75 Å².